The maximum Gasteiger partial charge on any atom is 0.243 e. The largest absolute Gasteiger partial charge is 0.326 e. The van der Waals surface area contributed by atoms with Crippen LogP contribution in [0.5, 0.6) is 0 Å². The quantitative estimate of drug-likeness (QED) is 0.546. The Morgan fingerprint density at radius 1 is 0.914 bits per heavy atom. The summed E-state index contributed by atoms with van der Waals surface area (Å²) in [5, 5.41) is 3.55. The van der Waals surface area contributed by atoms with Crippen LogP contribution in [0, 0.1) is 23.7 Å². The molecule has 1 atom stereocenters. The van der Waals surface area contributed by atoms with Gasteiger partial charge in [-0.2, -0.15) is 4.31 Å². The van der Waals surface area contributed by atoms with E-state index in [0.717, 1.165) is 23.4 Å². The minimum atomic E-state index is -3.65. The van der Waals surface area contributed by atoms with Gasteiger partial charge in [-0.25, -0.2) is 8.42 Å². The monoisotopic (exact) mass is 512 g/mol. The highest BCUT2D eigenvalue weighted by Crippen LogP contribution is 2.60. The van der Waals surface area contributed by atoms with Crippen LogP contribution in [-0.2, 0) is 20.2 Å². The van der Waals surface area contributed by atoms with Crippen molar-refractivity contribution in [2.75, 3.05) is 18.4 Å². The molecule has 1 amide bonds. The number of amides is 1. The number of halogens is 1. The molecule has 4 bridgehead atoms. The molecule has 1 N–H and O–H groups in total. The Balaban J connectivity index is 1.12. The second-order valence-corrected chi connectivity index (χ2v) is 13.8. The van der Waals surface area contributed by atoms with Gasteiger partial charge in [0.15, 0.2) is 0 Å². The minimum absolute atomic E-state index is 0.108. The highest BCUT2D eigenvalue weighted by molar-refractivity contribution is 7.89. The average molecular weight is 513 g/mol. The van der Waals surface area contributed by atoms with Gasteiger partial charge in [0.1, 0.15) is 0 Å². The number of sulfonamides is 1. The van der Waals surface area contributed by atoms with Crippen LogP contribution >= 0.6 is 11.6 Å². The van der Waals surface area contributed by atoms with Crippen molar-refractivity contribution in [3.05, 3.63) is 59.1 Å². The van der Waals surface area contributed by atoms with Gasteiger partial charge in [-0.1, -0.05) is 23.7 Å². The maximum absolute atomic E-state index is 13.1. The van der Waals surface area contributed by atoms with Crippen LogP contribution in [0.2, 0.25) is 5.02 Å². The van der Waals surface area contributed by atoms with Gasteiger partial charge in [-0.15, -0.1) is 0 Å². The third-order valence-electron chi connectivity index (χ3n) is 9.01. The number of carbonyl (C=O) groups is 1. The van der Waals surface area contributed by atoms with Gasteiger partial charge in [0.25, 0.3) is 0 Å². The number of nitrogens with zero attached hydrogens (tertiary/aromatic N) is 1. The summed E-state index contributed by atoms with van der Waals surface area (Å²) in [6, 6.07) is 14.7. The molecule has 186 valence electrons. The lowest BCUT2D eigenvalue weighted by Gasteiger charge is -2.57. The van der Waals surface area contributed by atoms with Crippen LogP contribution < -0.4 is 5.32 Å². The maximum atomic E-state index is 13.1. The molecule has 35 heavy (non-hydrogen) atoms. The SMILES string of the molecule is O=C(Nc1ccc(C23CC4CC(CC(C4)C2)C3)cc1)[C@@H]1CCCN(S(=O)(=O)c2ccc(Cl)cc2)C1. The summed E-state index contributed by atoms with van der Waals surface area (Å²) < 4.78 is 27.6. The van der Waals surface area contributed by atoms with Gasteiger partial charge in [0, 0.05) is 23.8 Å². The normalized spacial score (nSPS) is 32.5. The van der Waals surface area contributed by atoms with E-state index in [2.05, 4.69) is 17.4 Å². The lowest BCUT2D eigenvalue weighted by Crippen LogP contribution is -2.48. The smallest absolute Gasteiger partial charge is 0.243 e. The van der Waals surface area contributed by atoms with E-state index < -0.39 is 10.0 Å². The molecular weight excluding hydrogens is 480 g/mol. The summed E-state index contributed by atoms with van der Waals surface area (Å²) >= 11 is 5.92. The Kier molecular flexibility index (Phi) is 5.97. The van der Waals surface area contributed by atoms with E-state index in [1.807, 2.05) is 12.1 Å². The molecule has 7 rings (SSSR count). The molecule has 1 saturated heterocycles. The molecule has 5 nitrogen and oxygen atoms in total. The van der Waals surface area contributed by atoms with Gasteiger partial charge in [-0.05, 0) is 116 Å². The first-order valence-electron chi connectivity index (χ1n) is 13.0. The van der Waals surface area contributed by atoms with Crippen LogP contribution in [0.15, 0.2) is 53.4 Å². The zero-order valence-electron chi connectivity index (χ0n) is 20.0. The molecule has 0 aromatic heterocycles. The molecule has 2 aromatic rings. The van der Waals surface area contributed by atoms with Gasteiger partial charge < -0.3 is 5.32 Å². The molecule has 4 saturated carbocycles. The Bertz CT molecular complexity index is 1170. The fourth-order valence-corrected chi connectivity index (χ4v) is 9.40. The summed E-state index contributed by atoms with van der Waals surface area (Å²) in [4.78, 5) is 13.3. The summed E-state index contributed by atoms with van der Waals surface area (Å²) in [5.41, 5.74) is 2.57. The topological polar surface area (TPSA) is 66.5 Å². The van der Waals surface area contributed by atoms with E-state index >= 15 is 0 Å². The Labute approximate surface area is 213 Å². The van der Waals surface area contributed by atoms with Crippen molar-refractivity contribution >= 4 is 33.2 Å². The van der Waals surface area contributed by atoms with Crippen molar-refractivity contribution in [3.63, 3.8) is 0 Å². The van der Waals surface area contributed by atoms with Crippen molar-refractivity contribution in [1.29, 1.82) is 0 Å². The van der Waals surface area contributed by atoms with Crippen molar-refractivity contribution in [1.82, 2.24) is 4.31 Å². The molecule has 0 unspecified atom stereocenters. The van der Waals surface area contributed by atoms with Crippen LogP contribution in [0.4, 0.5) is 5.69 Å². The molecule has 0 spiro atoms. The van der Waals surface area contributed by atoms with Crippen molar-refractivity contribution in [2.45, 2.75) is 61.7 Å². The highest BCUT2D eigenvalue weighted by Gasteiger charge is 2.51. The zero-order valence-corrected chi connectivity index (χ0v) is 21.5. The number of rotatable bonds is 5. The molecule has 1 heterocycles. The zero-order chi connectivity index (χ0) is 24.2. The lowest BCUT2D eigenvalue weighted by atomic mass is 9.48. The average Bonchev–Trinajstić information content (AvgIpc) is 2.84. The molecular formula is C28H33ClN2O3S. The second kappa shape index (κ2) is 8.89. The van der Waals surface area contributed by atoms with Gasteiger partial charge >= 0.3 is 0 Å². The fraction of sp³-hybridized carbons (Fsp3) is 0.536. The number of piperidine rings is 1. The molecule has 0 radical (unpaired) electrons. The number of hydrogen-bond donors (Lipinski definition) is 1. The van der Waals surface area contributed by atoms with E-state index in [0.29, 0.717) is 29.8 Å². The summed E-state index contributed by atoms with van der Waals surface area (Å²) in [7, 11) is -3.65. The van der Waals surface area contributed by atoms with Crippen LogP contribution in [0.3, 0.4) is 0 Å². The summed E-state index contributed by atoms with van der Waals surface area (Å²) in [6.07, 6.45) is 9.61. The Morgan fingerprint density at radius 2 is 1.51 bits per heavy atom. The number of benzene rings is 2. The third kappa shape index (κ3) is 4.42. The van der Waals surface area contributed by atoms with Gasteiger partial charge in [0.2, 0.25) is 15.9 Å². The van der Waals surface area contributed by atoms with Crippen molar-refractivity contribution in [3.8, 4) is 0 Å². The van der Waals surface area contributed by atoms with Crippen molar-refractivity contribution < 1.29 is 13.2 Å². The minimum Gasteiger partial charge on any atom is -0.326 e. The number of anilines is 1. The van der Waals surface area contributed by atoms with E-state index in [1.165, 1.54) is 60.5 Å². The Morgan fingerprint density at radius 3 is 2.11 bits per heavy atom. The number of nitrogens with one attached hydrogen (secondary N) is 1. The molecule has 1 aliphatic heterocycles. The van der Waals surface area contributed by atoms with E-state index in [-0.39, 0.29) is 23.3 Å². The standard InChI is InChI=1S/C28H33ClN2O3S/c29-24-5-9-26(10-6-24)35(33,34)31-11-1-2-22(18-31)27(32)30-25-7-3-23(4-8-25)28-15-19-12-20(16-28)14-21(13-19)17-28/h3-10,19-22H,1-2,11-18H2,(H,30,32)/t19?,20?,21?,22-,28?/m1/s1. The Hall–Kier alpha value is -1.89. The highest BCUT2D eigenvalue weighted by atomic mass is 35.5. The van der Waals surface area contributed by atoms with Gasteiger partial charge in [0.05, 0.1) is 10.8 Å². The summed E-state index contributed by atoms with van der Waals surface area (Å²) in [6.45, 7) is 0.622. The van der Waals surface area contributed by atoms with Crippen LogP contribution in [0.1, 0.15) is 56.9 Å². The first kappa shape index (κ1) is 23.5. The lowest BCUT2D eigenvalue weighted by molar-refractivity contribution is -0.120. The number of carbonyl (C=O) groups excluding carboxylic acids is 1. The summed E-state index contributed by atoms with van der Waals surface area (Å²) in [5.74, 6) is 2.23. The predicted molar refractivity (Wildman–Crippen MR) is 138 cm³/mol. The number of hydrogen-bond acceptors (Lipinski definition) is 3. The molecule has 5 fully saturated rings. The predicted octanol–water partition coefficient (Wildman–Crippen LogP) is 5.85. The van der Waals surface area contributed by atoms with E-state index in [1.54, 1.807) is 12.1 Å². The first-order chi connectivity index (χ1) is 16.8. The first-order valence-corrected chi connectivity index (χ1v) is 14.8. The second-order valence-electron chi connectivity index (χ2n) is 11.4. The molecule has 7 heteroatoms. The molecule has 4 aliphatic carbocycles. The molecule has 5 aliphatic rings. The molecule has 2 aromatic carbocycles. The van der Waals surface area contributed by atoms with E-state index in [4.69, 9.17) is 11.6 Å². The van der Waals surface area contributed by atoms with Crippen molar-refractivity contribution in [2.24, 2.45) is 23.7 Å². The van der Waals surface area contributed by atoms with Crippen LogP contribution in [-0.4, -0.2) is 31.7 Å². The van der Waals surface area contributed by atoms with Gasteiger partial charge in [-0.3, -0.25) is 4.79 Å². The third-order valence-corrected chi connectivity index (χ3v) is 11.1. The fourth-order valence-electron chi connectivity index (χ4n) is 7.75. The van der Waals surface area contributed by atoms with Crippen LogP contribution in [0.25, 0.3) is 0 Å². The van der Waals surface area contributed by atoms with E-state index in [9.17, 15) is 13.2 Å².